The molecule has 23 heavy (non-hydrogen) atoms. The van der Waals surface area contributed by atoms with E-state index in [1.54, 1.807) is 18.3 Å². The van der Waals surface area contributed by atoms with Crippen LogP contribution in [0.25, 0.3) is 0 Å². The summed E-state index contributed by atoms with van der Waals surface area (Å²) >= 11 is 0. The van der Waals surface area contributed by atoms with E-state index in [9.17, 15) is 4.79 Å². The predicted molar refractivity (Wildman–Crippen MR) is 88.3 cm³/mol. The van der Waals surface area contributed by atoms with Crippen molar-refractivity contribution in [2.75, 3.05) is 42.9 Å². The molecule has 0 bridgehead atoms. The van der Waals surface area contributed by atoms with Gasteiger partial charge >= 0.3 is 0 Å². The minimum absolute atomic E-state index is 0.0588. The van der Waals surface area contributed by atoms with Crippen LogP contribution in [0.4, 0.5) is 11.5 Å². The minimum Gasteiger partial charge on any atom is -0.368 e. The van der Waals surface area contributed by atoms with E-state index in [2.05, 4.69) is 37.2 Å². The third-order valence-electron chi connectivity index (χ3n) is 3.93. The highest BCUT2D eigenvalue weighted by atomic mass is 16.2. The summed E-state index contributed by atoms with van der Waals surface area (Å²) in [4.78, 5) is 20.7. The van der Waals surface area contributed by atoms with Gasteiger partial charge < -0.3 is 10.2 Å². The summed E-state index contributed by atoms with van der Waals surface area (Å²) in [6.45, 7) is 5.95. The van der Waals surface area contributed by atoms with Crippen LogP contribution in [0.15, 0.2) is 36.8 Å². The van der Waals surface area contributed by atoms with Crippen molar-refractivity contribution in [3.8, 4) is 0 Å². The van der Waals surface area contributed by atoms with Gasteiger partial charge in [-0.15, -0.1) is 5.10 Å². The van der Waals surface area contributed by atoms with Gasteiger partial charge in [0.25, 0.3) is 0 Å². The second-order valence-corrected chi connectivity index (χ2v) is 5.58. The number of anilines is 2. The first-order chi connectivity index (χ1) is 11.2. The van der Waals surface area contributed by atoms with E-state index in [0.717, 1.165) is 26.2 Å². The molecule has 0 unspecified atom stereocenters. The van der Waals surface area contributed by atoms with Crippen LogP contribution >= 0.6 is 0 Å². The molecule has 0 radical (unpaired) electrons. The second kappa shape index (κ2) is 7.15. The lowest BCUT2D eigenvalue weighted by Gasteiger charge is -2.36. The second-order valence-electron chi connectivity index (χ2n) is 5.58. The highest BCUT2D eigenvalue weighted by molar-refractivity contribution is 5.91. The number of nitrogens with zero attached hydrogens (tertiary/aromatic N) is 5. The Balaban J connectivity index is 1.49. The highest BCUT2D eigenvalue weighted by Gasteiger charge is 2.20. The lowest BCUT2D eigenvalue weighted by Crippen LogP contribution is -2.48. The topological polar surface area (TPSA) is 74.2 Å². The summed E-state index contributed by atoms with van der Waals surface area (Å²) in [6, 6.07) is 5.50. The molecule has 2 aromatic rings. The molecule has 1 N–H and O–H groups in total. The molecule has 120 valence electrons. The number of pyridine rings is 1. The normalized spacial score (nSPS) is 15.4. The Morgan fingerprint density at radius 2 is 2.04 bits per heavy atom. The van der Waals surface area contributed by atoms with Crippen LogP contribution in [0.3, 0.4) is 0 Å². The van der Waals surface area contributed by atoms with Gasteiger partial charge in [-0.25, -0.2) is 0 Å². The van der Waals surface area contributed by atoms with Crippen LogP contribution in [-0.2, 0) is 4.79 Å². The number of nitrogens with one attached hydrogen (secondary N) is 1. The Morgan fingerprint density at radius 3 is 2.74 bits per heavy atom. The van der Waals surface area contributed by atoms with Gasteiger partial charge in [-0.2, -0.15) is 5.10 Å². The number of aryl methyl sites for hydroxylation is 1. The summed E-state index contributed by atoms with van der Waals surface area (Å²) in [5.74, 6) is 0.429. The molecular weight excluding hydrogens is 292 g/mol. The lowest BCUT2D eigenvalue weighted by atomic mass is 10.2. The molecule has 7 nitrogen and oxygen atoms in total. The molecule has 0 atom stereocenters. The standard InChI is InChI=1S/C16H20N6O/c1-13-4-6-17-11-14(13)22-9-7-21(8-10-22)12-16(23)19-15-3-2-5-18-20-15/h2-6,11H,7-10,12H2,1H3,(H,19,20,23). The summed E-state index contributed by atoms with van der Waals surface area (Å²) in [5.41, 5.74) is 2.41. The molecule has 0 aromatic carbocycles. The monoisotopic (exact) mass is 312 g/mol. The van der Waals surface area contributed by atoms with Crippen LogP contribution < -0.4 is 10.2 Å². The first-order valence-electron chi connectivity index (χ1n) is 7.68. The number of carbonyl (C=O) groups excluding carboxylic acids is 1. The number of amides is 1. The van der Waals surface area contributed by atoms with Crippen LogP contribution in [0.1, 0.15) is 5.56 Å². The van der Waals surface area contributed by atoms with Crippen LogP contribution in [0, 0.1) is 6.92 Å². The fourth-order valence-corrected chi connectivity index (χ4v) is 2.69. The SMILES string of the molecule is Cc1ccncc1N1CCN(CC(=O)Nc2cccnn2)CC1. The number of rotatable bonds is 4. The van der Waals surface area contributed by atoms with E-state index < -0.39 is 0 Å². The number of hydrogen-bond donors (Lipinski definition) is 1. The van der Waals surface area contributed by atoms with Crippen molar-refractivity contribution in [2.24, 2.45) is 0 Å². The number of hydrogen-bond acceptors (Lipinski definition) is 6. The Bertz CT molecular complexity index is 655. The van der Waals surface area contributed by atoms with Gasteiger partial charge in [0.15, 0.2) is 5.82 Å². The molecule has 1 amide bonds. The molecule has 1 aliphatic rings. The average Bonchev–Trinajstić information content (AvgIpc) is 2.57. The smallest absolute Gasteiger partial charge is 0.239 e. The van der Waals surface area contributed by atoms with Crippen molar-refractivity contribution in [2.45, 2.75) is 6.92 Å². The summed E-state index contributed by atoms with van der Waals surface area (Å²) in [5, 5.41) is 10.4. The maximum absolute atomic E-state index is 12.0. The zero-order chi connectivity index (χ0) is 16.1. The quantitative estimate of drug-likeness (QED) is 0.906. The zero-order valence-electron chi connectivity index (χ0n) is 13.1. The van der Waals surface area contributed by atoms with Crippen LogP contribution in [0.5, 0.6) is 0 Å². The summed E-state index contributed by atoms with van der Waals surface area (Å²) in [6.07, 6.45) is 5.30. The molecule has 7 heteroatoms. The van der Waals surface area contributed by atoms with Gasteiger partial charge in [0, 0.05) is 38.6 Å². The summed E-state index contributed by atoms with van der Waals surface area (Å²) in [7, 11) is 0. The first-order valence-corrected chi connectivity index (χ1v) is 7.68. The largest absolute Gasteiger partial charge is 0.368 e. The lowest BCUT2D eigenvalue weighted by molar-refractivity contribution is -0.117. The van der Waals surface area contributed by atoms with Gasteiger partial charge in [-0.1, -0.05) is 0 Å². The fraction of sp³-hybridized carbons (Fsp3) is 0.375. The van der Waals surface area contributed by atoms with Crippen molar-refractivity contribution >= 4 is 17.4 Å². The third-order valence-corrected chi connectivity index (χ3v) is 3.93. The van der Waals surface area contributed by atoms with Crippen molar-refractivity contribution in [3.63, 3.8) is 0 Å². The van der Waals surface area contributed by atoms with Gasteiger partial charge in [0.1, 0.15) is 0 Å². The average molecular weight is 312 g/mol. The van der Waals surface area contributed by atoms with E-state index in [4.69, 9.17) is 0 Å². The van der Waals surface area contributed by atoms with Crippen molar-refractivity contribution in [3.05, 3.63) is 42.4 Å². The highest BCUT2D eigenvalue weighted by Crippen LogP contribution is 2.19. The Morgan fingerprint density at radius 1 is 1.22 bits per heavy atom. The van der Waals surface area contributed by atoms with Gasteiger partial charge in [-0.3, -0.25) is 14.7 Å². The van der Waals surface area contributed by atoms with E-state index in [1.165, 1.54) is 11.3 Å². The number of piperazine rings is 1. The maximum Gasteiger partial charge on any atom is 0.239 e. The first kappa shape index (κ1) is 15.4. The van der Waals surface area contributed by atoms with E-state index in [0.29, 0.717) is 12.4 Å². The van der Waals surface area contributed by atoms with Crippen LogP contribution in [-0.4, -0.2) is 58.7 Å². The molecule has 1 saturated heterocycles. The zero-order valence-corrected chi connectivity index (χ0v) is 13.1. The molecule has 1 fully saturated rings. The van der Waals surface area contributed by atoms with E-state index in [-0.39, 0.29) is 5.91 Å². The molecular formula is C16H20N6O. The van der Waals surface area contributed by atoms with Crippen molar-refractivity contribution < 1.29 is 4.79 Å². The van der Waals surface area contributed by atoms with E-state index >= 15 is 0 Å². The maximum atomic E-state index is 12.0. The molecule has 3 rings (SSSR count). The van der Waals surface area contributed by atoms with Crippen molar-refractivity contribution in [1.29, 1.82) is 0 Å². The van der Waals surface area contributed by atoms with Gasteiger partial charge in [0.05, 0.1) is 18.4 Å². The van der Waals surface area contributed by atoms with Crippen molar-refractivity contribution in [1.82, 2.24) is 20.1 Å². The number of carbonyl (C=O) groups is 1. The molecule has 2 aromatic heterocycles. The Hall–Kier alpha value is -2.54. The Kier molecular flexibility index (Phi) is 4.77. The van der Waals surface area contributed by atoms with Gasteiger partial charge in [-0.05, 0) is 30.7 Å². The number of aromatic nitrogens is 3. The molecule has 3 heterocycles. The molecule has 1 aliphatic heterocycles. The summed E-state index contributed by atoms with van der Waals surface area (Å²) < 4.78 is 0. The minimum atomic E-state index is -0.0588. The van der Waals surface area contributed by atoms with E-state index in [1.807, 2.05) is 18.5 Å². The van der Waals surface area contributed by atoms with Gasteiger partial charge in [0.2, 0.25) is 5.91 Å². The fourth-order valence-electron chi connectivity index (χ4n) is 2.69. The predicted octanol–water partition coefficient (Wildman–Crippen LogP) is 0.941. The molecule has 0 spiro atoms. The Labute approximate surface area is 135 Å². The third kappa shape index (κ3) is 4.01. The molecule has 0 aliphatic carbocycles. The van der Waals surface area contributed by atoms with Crippen LogP contribution in [0.2, 0.25) is 0 Å². The molecule has 0 saturated carbocycles.